The van der Waals surface area contributed by atoms with Gasteiger partial charge in [-0.1, -0.05) is 0 Å². The fourth-order valence-electron chi connectivity index (χ4n) is 1.32. The molecule has 0 fully saturated rings. The summed E-state index contributed by atoms with van der Waals surface area (Å²) in [5.74, 6) is 1.21. The standard InChI is InChI=1S/C9H8BrClN2O/c1-14-7-2-8(10)9-6(3-11)4-12-13(9)5-7/h2,4-5H,3H2,1H3. The SMILES string of the molecule is COc1cc(Br)c2c(CCl)cnn2c1. The van der Waals surface area contributed by atoms with Crippen LogP contribution < -0.4 is 4.74 Å². The largest absolute Gasteiger partial charge is 0.495 e. The maximum Gasteiger partial charge on any atom is 0.138 e. The van der Waals surface area contributed by atoms with Crippen molar-refractivity contribution in [1.29, 1.82) is 0 Å². The molecular formula is C9H8BrClN2O. The second-order valence-corrected chi connectivity index (χ2v) is 3.95. The average Bonchev–Trinajstić information content (AvgIpc) is 2.61. The third-order valence-electron chi connectivity index (χ3n) is 2.00. The Bertz CT molecular complexity index is 469. The lowest BCUT2D eigenvalue weighted by Crippen LogP contribution is -1.91. The summed E-state index contributed by atoms with van der Waals surface area (Å²) < 4.78 is 7.81. The summed E-state index contributed by atoms with van der Waals surface area (Å²) in [4.78, 5) is 0. The van der Waals surface area contributed by atoms with E-state index in [2.05, 4.69) is 21.0 Å². The Balaban J connectivity index is 2.72. The predicted molar refractivity (Wildman–Crippen MR) is 59.0 cm³/mol. The van der Waals surface area contributed by atoms with Crippen LogP contribution in [0.4, 0.5) is 0 Å². The van der Waals surface area contributed by atoms with Crippen LogP contribution in [0.15, 0.2) is 22.9 Å². The number of nitrogens with zero attached hydrogens (tertiary/aromatic N) is 2. The summed E-state index contributed by atoms with van der Waals surface area (Å²) >= 11 is 9.25. The lowest BCUT2D eigenvalue weighted by atomic mass is 10.3. The van der Waals surface area contributed by atoms with Gasteiger partial charge in [-0.25, -0.2) is 4.52 Å². The third kappa shape index (κ3) is 1.48. The van der Waals surface area contributed by atoms with Gasteiger partial charge in [-0.3, -0.25) is 0 Å². The zero-order chi connectivity index (χ0) is 10.1. The molecule has 0 aliphatic heterocycles. The van der Waals surface area contributed by atoms with E-state index >= 15 is 0 Å². The van der Waals surface area contributed by atoms with Gasteiger partial charge in [0.2, 0.25) is 0 Å². The summed E-state index contributed by atoms with van der Waals surface area (Å²) in [6.07, 6.45) is 3.57. The minimum Gasteiger partial charge on any atom is -0.495 e. The van der Waals surface area contributed by atoms with Gasteiger partial charge >= 0.3 is 0 Å². The number of halogens is 2. The molecule has 2 aromatic rings. The molecule has 0 saturated carbocycles. The van der Waals surface area contributed by atoms with Crippen molar-refractivity contribution in [2.24, 2.45) is 0 Å². The molecule has 0 spiro atoms. The molecule has 2 rings (SSSR count). The highest BCUT2D eigenvalue weighted by molar-refractivity contribution is 9.10. The van der Waals surface area contributed by atoms with Gasteiger partial charge in [0.05, 0.1) is 30.9 Å². The minimum atomic E-state index is 0.453. The van der Waals surface area contributed by atoms with Gasteiger partial charge in [-0.2, -0.15) is 5.10 Å². The Hall–Kier alpha value is -0.740. The van der Waals surface area contributed by atoms with E-state index in [-0.39, 0.29) is 0 Å². The number of methoxy groups -OCH3 is 1. The normalized spacial score (nSPS) is 10.8. The summed E-state index contributed by atoms with van der Waals surface area (Å²) in [6.45, 7) is 0. The molecule has 3 nitrogen and oxygen atoms in total. The predicted octanol–water partition coefficient (Wildman–Crippen LogP) is 2.84. The van der Waals surface area contributed by atoms with Crippen LogP contribution >= 0.6 is 27.5 Å². The number of alkyl halides is 1. The topological polar surface area (TPSA) is 26.5 Å². The molecule has 0 atom stereocenters. The third-order valence-corrected chi connectivity index (χ3v) is 2.89. The molecule has 2 heterocycles. The first kappa shape index (κ1) is 9.80. The Morgan fingerprint density at radius 3 is 3.07 bits per heavy atom. The van der Waals surface area contributed by atoms with Crippen LogP contribution in [0.25, 0.3) is 5.52 Å². The summed E-state index contributed by atoms with van der Waals surface area (Å²) in [6, 6.07) is 1.90. The highest BCUT2D eigenvalue weighted by atomic mass is 79.9. The molecular weight excluding hydrogens is 267 g/mol. The van der Waals surface area contributed by atoms with Gasteiger partial charge in [0.25, 0.3) is 0 Å². The molecule has 0 amide bonds. The zero-order valence-corrected chi connectivity index (χ0v) is 9.84. The Labute approximate surface area is 94.8 Å². The van der Waals surface area contributed by atoms with Crippen LogP contribution in [0.1, 0.15) is 5.56 Å². The number of hydrogen-bond donors (Lipinski definition) is 0. The molecule has 0 aromatic carbocycles. The molecule has 0 aliphatic carbocycles. The van der Waals surface area contributed by atoms with Crippen molar-refractivity contribution in [2.45, 2.75) is 5.88 Å². The number of aromatic nitrogens is 2. The monoisotopic (exact) mass is 274 g/mol. The molecule has 0 radical (unpaired) electrons. The maximum atomic E-state index is 5.79. The van der Waals surface area contributed by atoms with Gasteiger partial charge in [-0.05, 0) is 22.0 Å². The number of pyridine rings is 1. The lowest BCUT2D eigenvalue weighted by Gasteiger charge is -2.03. The average molecular weight is 276 g/mol. The first-order valence-corrected chi connectivity index (χ1v) is 5.34. The van der Waals surface area contributed by atoms with Gasteiger partial charge in [0.1, 0.15) is 5.75 Å². The molecule has 5 heteroatoms. The van der Waals surface area contributed by atoms with E-state index in [9.17, 15) is 0 Å². The van der Waals surface area contributed by atoms with E-state index in [1.54, 1.807) is 17.8 Å². The highest BCUT2D eigenvalue weighted by Gasteiger charge is 2.08. The maximum absolute atomic E-state index is 5.79. The van der Waals surface area contributed by atoms with Crippen LogP contribution in [0.3, 0.4) is 0 Å². The second-order valence-electron chi connectivity index (χ2n) is 2.82. The van der Waals surface area contributed by atoms with E-state index in [4.69, 9.17) is 16.3 Å². The molecule has 0 N–H and O–H groups in total. The minimum absolute atomic E-state index is 0.453. The van der Waals surface area contributed by atoms with Crippen molar-refractivity contribution < 1.29 is 4.74 Å². The molecule has 74 valence electrons. The van der Waals surface area contributed by atoms with Crippen LogP contribution in [-0.2, 0) is 5.88 Å². The fourth-order valence-corrected chi connectivity index (χ4v) is 2.18. The van der Waals surface area contributed by atoms with E-state index in [0.29, 0.717) is 5.88 Å². The Kier molecular flexibility index (Phi) is 2.65. The van der Waals surface area contributed by atoms with Crippen molar-refractivity contribution in [3.8, 4) is 5.75 Å². The number of hydrogen-bond acceptors (Lipinski definition) is 2. The number of fused-ring (bicyclic) bond motifs is 1. The van der Waals surface area contributed by atoms with Gasteiger partial charge in [0, 0.05) is 10.0 Å². The van der Waals surface area contributed by atoms with Crippen molar-refractivity contribution in [1.82, 2.24) is 9.61 Å². The molecule has 0 bridgehead atoms. The molecule has 0 aliphatic rings. The van der Waals surface area contributed by atoms with Crippen molar-refractivity contribution in [2.75, 3.05) is 7.11 Å². The summed E-state index contributed by atoms with van der Waals surface area (Å²) in [5, 5.41) is 4.18. The van der Waals surface area contributed by atoms with Gasteiger partial charge in [-0.15, -0.1) is 11.6 Å². The van der Waals surface area contributed by atoms with E-state index < -0.39 is 0 Å². The highest BCUT2D eigenvalue weighted by Crippen LogP contribution is 2.26. The van der Waals surface area contributed by atoms with Crippen LogP contribution in [0.5, 0.6) is 5.75 Å². The molecule has 0 saturated heterocycles. The van der Waals surface area contributed by atoms with Crippen molar-refractivity contribution >= 4 is 33.0 Å². The summed E-state index contributed by atoms with van der Waals surface area (Å²) in [5.41, 5.74) is 1.99. The van der Waals surface area contributed by atoms with Crippen LogP contribution in [0, 0.1) is 0 Å². The van der Waals surface area contributed by atoms with Gasteiger partial charge in [0.15, 0.2) is 0 Å². The van der Waals surface area contributed by atoms with Crippen LogP contribution in [0.2, 0.25) is 0 Å². The number of ether oxygens (including phenoxy) is 1. The van der Waals surface area contributed by atoms with Crippen molar-refractivity contribution in [3.05, 3.63) is 28.5 Å². The zero-order valence-electron chi connectivity index (χ0n) is 7.50. The Morgan fingerprint density at radius 1 is 1.64 bits per heavy atom. The van der Waals surface area contributed by atoms with Gasteiger partial charge < -0.3 is 4.74 Å². The smallest absolute Gasteiger partial charge is 0.138 e. The Morgan fingerprint density at radius 2 is 2.43 bits per heavy atom. The van der Waals surface area contributed by atoms with E-state index in [1.165, 1.54) is 0 Å². The molecule has 0 unspecified atom stereocenters. The van der Waals surface area contributed by atoms with E-state index in [1.807, 2.05) is 12.3 Å². The first-order valence-electron chi connectivity index (χ1n) is 4.02. The first-order chi connectivity index (χ1) is 6.76. The fraction of sp³-hybridized carbons (Fsp3) is 0.222. The quantitative estimate of drug-likeness (QED) is 0.788. The lowest BCUT2D eigenvalue weighted by molar-refractivity contribution is 0.411. The molecule has 2 aromatic heterocycles. The van der Waals surface area contributed by atoms with Crippen LogP contribution in [-0.4, -0.2) is 16.7 Å². The number of rotatable bonds is 2. The second kappa shape index (κ2) is 3.79. The molecule has 14 heavy (non-hydrogen) atoms. The summed E-state index contributed by atoms with van der Waals surface area (Å²) in [7, 11) is 1.62. The van der Waals surface area contributed by atoms with E-state index in [0.717, 1.165) is 21.3 Å². The van der Waals surface area contributed by atoms with Crippen molar-refractivity contribution in [3.63, 3.8) is 0 Å².